The average Bonchev–Trinajstić information content (AvgIpc) is 2.22. The van der Waals surface area contributed by atoms with Crippen molar-refractivity contribution in [3.63, 3.8) is 0 Å². The van der Waals surface area contributed by atoms with Crippen molar-refractivity contribution >= 4 is 22.5 Å². The van der Waals surface area contributed by atoms with Crippen LogP contribution in [0.1, 0.15) is 62.3 Å². The van der Waals surface area contributed by atoms with Gasteiger partial charge in [-0.15, -0.1) is 13.2 Å². The quantitative estimate of drug-likeness (QED) is 0.337. The van der Waals surface area contributed by atoms with E-state index >= 15 is 0 Å². The molecule has 0 fully saturated rings. The molecule has 0 amide bonds. The Morgan fingerprint density at radius 1 is 0.619 bits per heavy atom. The van der Waals surface area contributed by atoms with Gasteiger partial charge in [0.2, 0.25) is 0 Å². The van der Waals surface area contributed by atoms with Crippen molar-refractivity contribution < 1.29 is 0 Å². The summed E-state index contributed by atoms with van der Waals surface area (Å²) in [6.07, 6.45) is 6.74. The van der Waals surface area contributed by atoms with Gasteiger partial charge in [-0.05, 0) is 35.1 Å². The van der Waals surface area contributed by atoms with E-state index < -0.39 is 0 Å². The Bertz CT molecular complexity index is 311. The highest BCUT2D eigenvalue weighted by atomic mass is 32.5. The first-order valence-electron chi connectivity index (χ1n) is 7.84. The third-order valence-corrected chi connectivity index (χ3v) is 24.4. The third kappa shape index (κ3) is 6.81. The Morgan fingerprint density at radius 3 is 1.05 bits per heavy atom. The van der Waals surface area contributed by atoms with Crippen LogP contribution in [0.5, 0.6) is 0 Å². The molecule has 0 rings (SSSR count). The van der Waals surface area contributed by atoms with Gasteiger partial charge in [-0.25, -0.2) is 0 Å². The second-order valence-electron chi connectivity index (χ2n) is 8.54. The van der Waals surface area contributed by atoms with Gasteiger partial charge in [0.25, 0.3) is 0 Å². The molecule has 0 aliphatic heterocycles. The molecule has 124 valence electrons. The lowest BCUT2D eigenvalue weighted by Gasteiger charge is -2.51. The molecule has 0 aliphatic rings. The summed E-state index contributed by atoms with van der Waals surface area (Å²) in [5.41, 5.74) is 0. The standard InChI is InChI=1S/C18H37P3/c1-12-14-19(16(3,4)5)21(18(9,10)11)20(15-13-2)17(6,7)8/h12-13H,1-2,14-15H2,3-11H3/t19-,20+,21?. The summed E-state index contributed by atoms with van der Waals surface area (Å²) in [6, 6.07) is 0. The number of allylic oxidation sites excluding steroid dienone is 2. The van der Waals surface area contributed by atoms with Crippen LogP contribution in [0.4, 0.5) is 0 Å². The van der Waals surface area contributed by atoms with Crippen molar-refractivity contribution in [3.8, 4) is 0 Å². The minimum absolute atomic E-state index is 0.0293. The minimum atomic E-state index is -0.0407. The maximum atomic E-state index is 4.06. The van der Waals surface area contributed by atoms with Crippen molar-refractivity contribution in [1.29, 1.82) is 0 Å². The Labute approximate surface area is 138 Å². The zero-order valence-corrected chi connectivity index (χ0v) is 18.5. The predicted molar refractivity (Wildman–Crippen MR) is 110 cm³/mol. The normalized spacial score (nSPS) is 18.0. The molecule has 0 N–H and O–H groups in total. The van der Waals surface area contributed by atoms with Gasteiger partial charge < -0.3 is 0 Å². The molecule has 0 bridgehead atoms. The highest BCUT2D eigenvalue weighted by Crippen LogP contribution is 2.96. The van der Waals surface area contributed by atoms with Gasteiger partial charge in [0.1, 0.15) is 0 Å². The molecule has 0 radical (unpaired) electrons. The first-order chi connectivity index (χ1) is 9.26. The summed E-state index contributed by atoms with van der Waals surface area (Å²) >= 11 is 0. The molecule has 21 heavy (non-hydrogen) atoms. The zero-order valence-electron chi connectivity index (χ0n) is 15.8. The van der Waals surface area contributed by atoms with E-state index in [1.165, 1.54) is 12.3 Å². The van der Waals surface area contributed by atoms with Crippen molar-refractivity contribution in [1.82, 2.24) is 0 Å². The molecular formula is C18H37P3. The summed E-state index contributed by atoms with van der Waals surface area (Å²) in [7, 11) is -0.111. The van der Waals surface area contributed by atoms with Gasteiger partial charge in [0, 0.05) is 0 Å². The molecule has 0 aromatic heterocycles. The molecule has 1 unspecified atom stereocenters. The van der Waals surface area contributed by atoms with Gasteiger partial charge in [0.15, 0.2) is 0 Å². The molecule has 0 heterocycles. The van der Waals surface area contributed by atoms with Gasteiger partial charge >= 0.3 is 0 Å². The fraction of sp³-hybridized carbons (Fsp3) is 0.778. The summed E-state index contributed by atoms with van der Waals surface area (Å²) in [4.78, 5) is 0. The predicted octanol–water partition coefficient (Wildman–Crippen LogP) is 8.03. The third-order valence-electron chi connectivity index (χ3n) is 3.21. The molecular weight excluding hydrogens is 309 g/mol. The van der Waals surface area contributed by atoms with E-state index in [1.807, 2.05) is 0 Å². The Kier molecular flexibility index (Phi) is 8.34. The molecule has 3 heteroatoms. The van der Waals surface area contributed by atoms with Crippen LogP contribution in [0.2, 0.25) is 0 Å². The van der Waals surface area contributed by atoms with Gasteiger partial charge in [0.05, 0.1) is 0 Å². The van der Waals surface area contributed by atoms with E-state index in [0.717, 1.165) is 0 Å². The van der Waals surface area contributed by atoms with E-state index in [2.05, 4.69) is 87.6 Å². The van der Waals surface area contributed by atoms with E-state index in [1.54, 1.807) is 0 Å². The van der Waals surface area contributed by atoms with Crippen LogP contribution in [0, 0.1) is 0 Å². The molecule has 0 saturated carbocycles. The largest absolute Gasteiger partial charge is 0.103 e. The van der Waals surface area contributed by atoms with E-state index in [9.17, 15) is 0 Å². The Balaban J connectivity index is 5.94. The Morgan fingerprint density at radius 2 is 0.905 bits per heavy atom. The molecule has 0 spiro atoms. The highest BCUT2D eigenvalue weighted by Gasteiger charge is 2.44. The van der Waals surface area contributed by atoms with E-state index in [-0.39, 0.29) is 22.5 Å². The fourth-order valence-electron chi connectivity index (χ4n) is 2.37. The summed E-state index contributed by atoms with van der Waals surface area (Å²) in [5, 5.41) is 1.20. The van der Waals surface area contributed by atoms with Crippen molar-refractivity contribution in [3.05, 3.63) is 25.3 Å². The van der Waals surface area contributed by atoms with Crippen LogP contribution in [0.15, 0.2) is 25.3 Å². The average molecular weight is 346 g/mol. The maximum Gasteiger partial charge on any atom is -0.0101 e. The van der Waals surface area contributed by atoms with Crippen LogP contribution >= 0.6 is 22.5 Å². The number of hydrogen-bond donors (Lipinski definition) is 0. The second kappa shape index (κ2) is 8.04. The summed E-state index contributed by atoms with van der Waals surface area (Å²) in [6.45, 7) is 30.1. The topological polar surface area (TPSA) is 0 Å². The Hall–Kier alpha value is 0.770. The smallest absolute Gasteiger partial charge is 0.0101 e. The molecule has 0 aliphatic carbocycles. The van der Waals surface area contributed by atoms with Crippen molar-refractivity contribution in [2.45, 2.75) is 77.8 Å². The van der Waals surface area contributed by atoms with Crippen molar-refractivity contribution in [2.75, 3.05) is 12.3 Å². The van der Waals surface area contributed by atoms with E-state index in [4.69, 9.17) is 0 Å². The van der Waals surface area contributed by atoms with Crippen LogP contribution in [0.3, 0.4) is 0 Å². The van der Waals surface area contributed by atoms with Crippen LogP contribution in [-0.2, 0) is 0 Å². The molecule has 0 saturated heterocycles. The van der Waals surface area contributed by atoms with Crippen LogP contribution in [-0.4, -0.2) is 27.8 Å². The van der Waals surface area contributed by atoms with Gasteiger partial charge in [-0.1, -0.05) is 89.7 Å². The van der Waals surface area contributed by atoms with Crippen LogP contribution in [0.25, 0.3) is 0 Å². The molecule has 0 aromatic rings. The lowest BCUT2D eigenvalue weighted by Crippen LogP contribution is -2.23. The fourth-order valence-corrected chi connectivity index (χ4v) is 25.8. The lowest BCUT2D eigenvalue weighted by atomic mass is 10.3. The number of hydrogen-bond acceptors (Lipinski definition) is 0. The maximum absolute atomic E-state index is 4.06. The molecule has 0 aromatic carbocycles. The molecule has 0 nitrogen and oxygen atoms in total. The highest BCUT2D eigenvalue weighted by molar-refractivity contribution is 8.61. The first-order valence-corrected chi connectivity index (χ1v) is 13.6. The SMILES string of the molecule is C=CC[P@](P([P@](CC=C)C(C)(C)C)C(C)(C)C)C(C)(C)C. The zero-order chi connectivity index (χ0) is 17.1. The summed E-state index contributed by atoms with van der Waals surface area (Å²) < 4.78 is 0. The lowest BCUT2D eigenvalue weighted by molar-refractivity contribution is 0.772. The minimum Gasteiger partial charge on any atom is -0.103 e. The van der Waals surface area contributed by atoms with Gasteiger partial charge in [-0.3, -0.25) is 0 Å². The van der Waals surface area contributed by atoms with Crippen molar-refractivity contribution in [2.24, 2.45) is 0 Å². The first kappa shape index (κ1) is 21.8. The molecule has 3 atom stereocenters. The van der Waals surface area contributed by atoms with E-state index in [0.29, 0.717) is 15.5 Å². The second-order valence-corrected chi connectivity index (χ2v) is 21.7. The van der Waals surface area contributed by atoms with Crippen LogP contribution < -0.4 is 0 Å². The number of rotatable bonds is 6. The summed E-state index contributed by atoms with van der Waals surface area (Å²) in [5.74, 6) is 0. The monoisotopic (exact) mass is 346 g/mol. The van der Waals surface area contributed by atoms with Gasteiger partial charge in [-0.2, -0.15) is 0 Å².